The zero-order chi connectivity index (χ0) is 13.2. The fourth-order valence-electron chi connectivity index (χ4n) is 1.14. The Labute approximate surface area is 83.1 Å². The Morgan fingerprint density at radius 3 is 1.44 bits per heavy atom. The van der Waals surface area contributed by atoms with Crippen LogP contribution in [0.2, 0.25) is 0 Å². The lowest BCUT2D eigenvalue weighted by molar-refractivity contribution is -0.218. The van der Waals surface area contributed by atoms with Gasteiger partial charge in [-0.15, -0.1) is 0 Å². The zero-order valence-electron chi connectivity index (χ0n) is 6.96. The largest absolute Gasteiger partial charge is 0.437 e. The summed E-state index contributed by atoms with van der Waals surface area (Å²) in [6.07, 6.45) is -9.49. The molecule has 11 heteroatoms. The monoisotopic (exact) mass is 278 g/mol. The minimum atomic E-state index is -7.01. The van der Waals surface area contributed by atoms with Crippen molar-refractivity contribution in [3.63, 3.8) is 0 Å². The lowest BCUT2D eigenvalue weighted by atomic mass is 10.1. The second-order valence-corrected chi connectivity index (χ2v) is 5.29. The molecule has 1 aliphatic rings. The molecule has 0 N–H and O–H groups in total. The molecule has 1 saturated heterocycles. The van der Waals surface area contributed by atoms with Crippen molar-refractivity contribution in [2.24, 2.45) is 0 Å². The van der Waals surface area contributed by atoms with Gasteiger partial charge in [-0.3, -0.25) is 0 Å². The molecule has 1 atom stereocenters. The number of alkyl halides is 8. The van der Waals surface area contributed by atoms with Crippen LogP contribution in [0.5, 0.6) is 0 Å². The van der Waals surface area contributed by atoms with Crippen molar-refractivity contribution < 1.29 is 43.5 Å². The third-order valence-electron chi connectivity index (χ3n) is 2.06. The molecule has 96 valence electrons. The van der Waals surface area contributed by atoms with E-state index in [4.69, 9.17) is 0 Å². The highest BCUT2D eigenvalue weighted by Crippen LogP contribution is 2.61. The van der Waals surface area contributed by atoms with Crippen LogP contribution >= 0.6 is 0 Å². The molecule has 1 rings (SSSR count). The molecule has 0 saturated carbocycles. The predicted molar refractivity (Wildman–Crippen MR) is 33.3 cm³/mol. The Hall–Kier alpha value is -0.610. The van der Waals surface area contributed by atoms with Crippen LogP contribution in [0.3, 0.4) is 0 Å². The molecule has 0 amide bonds. The molecule has 1 aliphatic heterocycles. The third-order valence-corrected chi connectivity index (χ3v) is 4.26. The first-order valence-electron chi connectivity index (χ1n) is 3.46. The van der Waals surface area contributed by atoms with Gasteiger partial charge in [0.25, 0.3) is 9.84 Å². The van der Waals surface area contributed by atoms with Crippen LogP contribution in [0.1, 0.15) is 6.42 Å². The topological polar surface area (TPSA) is 34.1 Å². The molecule has 0 spiro atoms. The molecule has 0 aromatic rings. The van der Waals surface area contributed by atoms with Gasteiger partial charge in [-0.1, -0.05) is 0 Å². The Bertz CT molecular complexity index is 409. The van der Waals surface area contributed by atoms with Gasteiger partial charge in [0.05, 0.1) is 6.42 Å². The summed E-state index contributed by atoms with van der Waals surface area (Å²) >= 11 is 0. The van der Waals surface area contributed by atoms with Crippen LogP contribution in [0.4, 0.5) is 35.1 Å². The third kappa shape index (κ3) is 1.20. The fourth-order valence-corrected chi connectivity index (χ4v) is 2.68. The second kappa shape index (κ2) is 2.79. The van der Waals surface area contributed by atoms with Crippen LogP contribution in [-0.2, 0) is 9.84 Å². The van der Waals surface area contributed by atoms with E-state index in [1.807, 2.05) is 0 Å². The highest BCUT2D eigenvalue weighted by molar-refractivity contribution is 7.94. The summed E-state index contributed by atoms with van der Waals surface area (Å²) in [7, 11) is -7.01. The Morgan fingerprint density at radius 1 is 0.938 bits per heavy atom. The minimum absolute atomic E-state index is 3.14. The first-order chi connectivity index (χ1) is 6.71. The normalized spacial score (nSPS) is 36.2. The van der Waals surface area contributed by atoms with E-state index in [-0.39, 0.29) is 0 Å². The van der Waals surface area contributed by atoms with Gasteiger partial charge in [0.15, 0.2) is 0 Å². The molecular weight excluding hydrogens is 276 g/mol. The van der Waals surface area contributed by atoms with E-state index in [2.05, 4.69) is 0 Å². The molecule has 0 bridgehead atoms. The molecule has 16 heavy (non-hydrogen) atoms. The molecule has 0 aliphatic carbocycles. The van der Waals surface area contributed by atoms with Crippen molar-refractivity contribution in [2.45, 2.75) is 28.8 Å². The average molecular weight is 278 g/mol. The minimum Gasteiger partial charge on any atom is -0.219 e. The van der Waals surface area contributed by atoms with Crippen molar-refractivity contribution >= 4 is 9.84 Å². The number of rotatable bonds is 0. The summed E-state index contributed by atoms with van der Waals surface area (Å²) in [6, 6.07) is 0. The highest BCUT2D eigenvalue weighted by Gasteiger charge is 2.87. The van der Waals surface area contributed by atoms with Gasteiger partial charge in [0, 0.05) is 0 Å². The van der Waals surface area contributed by atoms with E-state index < -0.39 is 38.6 Å². The van der Waals surface area contributed by atoms with Gasteiger partial charge in [0.2, 0.25) is 0 Å². The molecular formula is C5H2F8O2S. The predicted octanol–water partition coefficient (Wildman–Crippen LogP) is 2.26. The first kappa shape index (κ1) is 13.5. The summed E-state index contributed by atoms with van der Waals surface area (Å²) in [4.78, 5) is 0. The SMILES string of the molecule is O=S1(=O)C(F)(F)C(F)(F)CC1(F)C(F)(F)F. The number of hydrogen-bond acceptors (Lipinski definition) is 2. The van der Waals surface area contributed by atoms with Crippen molar-refractivity contribution in [3.05, 3.63) is 0 Å². The van der Waals surface area contributed by atoms with E-state index in [0.29, 0.717) is 0 Å². The van der Waals surface area contributed by atoms with Gasteiger partial charge in [-0.05, 0) is 0 Å². The first-order valence-corrected chi connectivity index (χ1v) is 4.94. The van der Waals surface area contributed by atoms with Gasteiger partial charge < -0.3 is 0 Å². The van der Waals surface area contributed by atoms with Crippen LogP contribution in [0.15, 0.2) is 0 Å². The lowest BCUT2D eigenvalue weighted by Crippen LogP contribution is -2.48. The fraction of sp³-hybridized carbons (Fsp3) is 1.00. The Kier molecular flexibility index (Phi) is 2.35. The van der Waals surface area contributed by atoms with Gasteiger partial charge >= 0.3 is 22.4 Å². The van der Waals surface area contributed by atoms with E-state index in [0.717, 1.165) is 0 Å². The van der Waals surface area contributed by atoms with Gasteiger partial charge in [-0.2, -0.15) is 30.7 Å². The van der Waals surface area contributed by atoms with Crippen molar-refractivity contribution in [1.82, 2.24) is 0 Å². The van der Waals surface area contributed by atoms with Crippen LogP contribution in [0.25, 0.3) is 0 Å². The van der Waals surface area contributed by atoms with Crippen LogP contribution < -0.4 is 0 Å². The summed E-state index contributed by atoms with van der Waals surface area (Å²) in [5.41, 5.74) is 0. The van der Waals surface area contributed by atoms with Gasteiger partial charge in [0.1, 0.15) is 0 Å². The summed E-state index contributed by atoms with van der Waals surface area (Å²) in [6.45, 7) is 0. The summed E-state index contributed by atoms with van der Waals surface area (Å²) < 4.78 is 119. The van der Waals surface area contributed by atoms with E-state index >= 15 is 0 Å². The van der Waals surface area contributed by atoms with E-state index in [9.17, 15) is 43.5 Å². The zero-order valence-corrected chi connectivity index (χ0v) is 7.77. The van der Waals surface area contributed by atoms with E-state index in [1.165, 1.54) is 0 Å². The van der Waals surface area contributed by atoms with Crippen LogP contribution in [-0.4, -0.2) is 30.8 Å². The van der Waals surface area contributed by atoms with Crippen molar-refractivity contribution in [3.8, 4) is 0 Å². The van der Waals surface area contributed by atoms with E-state index in [1.54, 1.807) is 0 Å². The molecule has 1 heterocycles. The lowest BCUT2D eigenvalue weighted by Gasteiger charge is -2.21. The maximum atomic E-state index is 12.9. The molecule has 0 aromatic heterocycles. The quantitative estimate of drug-likeness (QED) is 0.637. The number of sulfone groups is 1. The summed E-state index contributed by atoms with van der Waals surface area (Å²) in [5, 5.41) is -11.7. The smallest absolute Gasteiger partial charge is 0.219 e. The summed E-state index contributed by atoms with van der Waals surface area (Å²) in [5.74, 6) is -5.60. The Morgan fingerprint density at radius 2 is 1.31 bits per heavy atom. The van der Waals surface area contributed by atoms with Crippen LogP contribution in [0, 0.1) is 0 Å². The standard InChI is InChI=1S/C5H2F8O2S/c6-2(7)1-3(8,4(9,10)11)16(14,15)5(2,12)13/h1H2. The molecule has 2 nitrogen and oxygen atoms in total. The highest BCUT2D eigenvalue weighted by atomic mass is 32.2. The average Bonchev–Trinajstić information content (AvgIpc) is 2.07. The molecule has 0 radical (unpaired) electrons. The number of hydrogen-bond donors (Lipinski definition) is 0. The maximum Gasteiger partial charge on any atom is 0.437 e. The van der Waals surface area contributed by atoms with Crippen molar-refractivity contribution in [2.75, 3.05) is 0 Å². The second-order valence-electron chi connectivity index (χ2n) is 3.13. The maximum absolute atomic E-state index is 12.9. The Balaban J connectivity index is 3.54. The molecule has 1 fully saturated rings. The molecule has 0 aromatic carbocycles. The number of halogens is 8. The van der Waals surface area contributed by atoms with Crippen molar-refractivity contribution in [1.29, 1.82) is 0 Å². The van der Waals surface area contributed by atoms with Gasteiger partial charge in [-0.25, -0.2) is 12.8 Å². The molecule has 1 unspecified atom stereocenters.